The van der Waals surface area contributed by atoms with Crippen LogP contribution in [0.4, 0.5) is 0 Å². The molecular formula is C18H22N2O4S2. The highest BCUT2D eigenvalue weighted by Crippen LogP contribution is 2.36. The molecule has 0 saturated carbocycles. The lowest BCUT2D eigenvalue weighted by molar-refractivity contribution is -0.128. The quantitative estimate of drug-likeness (QED) is 0.800. The molecule has 26 heavy (non-hydrogen) atoms. The molecule has 2 heterocycles. The van der Waals surface area contributed by atoms with Crippen molar-refractivity contribution in [2.45, 2.75) is 30.6 Å². The molecule has 1 aromatic heterocycles. The Morgan fingerprint density at radius 1 is 1.38 bits per heavy atom. The third-order valence-corrected chi connectivity index (χ3v) is 7.88. The summed E-state index contributed by atoms with van der Waals surface area (Å²) in [7, 11) is -1.84. The van der Waals surface area contributed by atoms with Crippen molar-refractivity contribution in [3.05, 3.63) is 46.8 Å². The first kappa shape index (κ1) is 18.9. The van der Waals surface area contributed by atoms with Gasteiger partial charge in [-0.3, -0.25) is 4.79 Å². The van der Waals surface area contributed by atoms with Crippen LogP contribution in [0.5, 0.6) is 5.75 Å². The summed E-state index contributed by atoms with van der Waals surface area (Å²) in [6, 6.07) is 8.70. The van der Waals surface area contributed by atoms with Gasteiger partial charge in [-0.05, 0) is 36.1 Å². The molecule has 0 saturated heterocycles. The summed E-state index contributed by atoms with van der Waals surface area (Å²) in [5, 5.41) is 1.76. The van der Waals surface area contributed by atoms with E-state index < -0.39 is 10.0 Å². The normalized spacial score (nSPS) is 17.9. The van der Waals surface area contributed by atoms with E-state index in [4.69, 9.17) is 4.74 Å². The van der Waals surface area contributed by atoms with E-state index in [1.807, 2.05) is 25.1 Å². The summed E-state index contributed by atoms with van der Waals surface area (Å²) in [6.07, 6.45) is 0. The molecule has 1 aromatic carbocycles. The van der Waals surface area contributed by atoms with Gasteiger partial charge in [0.1, 0.15) is 16.6 Å². The molecule has 0 N–H and O–H groups in total. The molecule has 0 spiro atoms. The van der Waals surface area contributed by atoms with Crippen LogP contribution in [0.2, 0.25) is 0 Å². The number of carbonyl (C=O) groups excluding carboxylic acids is 1. The van der Waals surface area contributed by atoms with E-state index in [0.717, 1.165) is 11.1 Å². The molecule has 1 aliphatic rings. The molecule has 140 valence electrons. The number of hydrogen-bond acceptors (Lipinski definition) is 5. The van der Waals surface area contributed by atoms with Crippen molar-refractivity contribution in [2.75, 3.05) is 20.2 Å². The number of fused-ring (bicyclic) bond motifs is 1. The predicted molar refractivity (Wildman–Crippen MR) is 101 cm³/mol. The number of sulfonamides is 1. The number of thiophene rings is 1. The Kier molecular flexibility index (Phi) is 5.36. The van der Waals surface area contributed by atoms with Gasteiger partial charge < -0.3 is 9.64 Å². The molecule has 6 nitrogen and oxygen atoms in total. The molecule has 1 unspecified atom stereocenters. The fourth-order valence-electron chi connectivity index (χ4n) is 2.99. The maximum Gasteiger partial charge on any atom is 0.253 e. The highest BCUT2D eigenvalue weighted by atomic mass is 32.2. The Bertz CT molecular complexity index is 894. The van der Waals surface area contributed by atoms with Crippen molar-refractivity contribution in [2.24, 2.45) is 0 Å². The van der Waals surface area contributed by atoms with E-state index in [1.165, 1.54) is 22.6 Å². The number of ether oxygens (including phenoxy) is 1. The van der Waals surface area contributed by atoms with Gasteiger partial charge in [-0.25, -0.2) is 8.42 Å². The monoisotopic (exact) mass is 394 g/mol. The SMILES string of the molecule is CC(=O)N(C)Cc1ccc2c(c1)C(C)N(S(=O)(=O)c1cccs1)CCO2. The molecule has 2 aromatic rings. The molecule has 0 aliphatic carbocycles. The molecule has 0 fully saturated rings. The molecule has 1 aliphatic heterocycles. The zero-order valence-electron chi connectivity index (χ0n) is 15.0. The van der Waals surface area contributed by atoms with Crippen LogP contribution in [0.25, 0.3) is 0 Å². The van der Waals surface area contributed by atoms with Crippen LogP contribution < -0.4 is 4.74 Å². The number of hydrogen-bond donors (Lipinski definition) is 0. The molecule has 8 heteroatoms. The maximum atomic E-state index is 13.0. The summed E-state index contributed by atoms with van der Waals surface area (Å²) < 4.78 is 33.6. The van der Waals surface area contributed by atoms with Gasteiger partial charge in [-0.15, -0.1) is 11.3 Å². The average Bonchev–Trinajstić information content (AvgIpc) is 3.09. The topological polar surface area (TPSA) is 66.9 Å². The Balaban J connectivity index is 1.95. The highest BCUT2D eigenvalue weighted by molar-refractivity contribution is 7.91. The summed E-state index contributed by atoms with van der Waals surface area (Å²) in [5.74, 6) is 0.668. The van der Waals surface area contributed by atoms with Crippen molar-refractivity contribution in [1.82, 2.24) is 9.21 Å². The summed E-state index contributed by atoms with van der Waals surface area (Å²) in [6.45, 7) is 4.45. The van der Waals surface area contributed by atoms with Gasteiger partial charge in [0, 0.05) is 32.6 Å². The lowest BCUT2D eigenvalue weighted by Gasteiger charge is -2.26. The number of amides is 1. The minimum Gasteiger partial charge on any atom is -0.492 e. The first-order valence-corrected chi connectivity index (χ1v) is 10.7. The first-order valence-electron chi connectivity index (χ1n) is 8.33. The number of rotatable bonds is 4. The van der Waals surface area contributed by atoms with E-state index in [-0.39, 0.29) is 11.9 Å². The molecule has 1 amide bonds. The fourth-order valence-corrected chi connectivity index (χ4v) is 5.70. The van der Waals surface area contributed by atoms with Gasteiger partial charge >= 0.3 is 0 Å². The van der Waals surface area contributed by atoms with E-state index in [2.05, 4.69) is 0 Å². The third kappa shape index (κ3) is 3.62. The second kappa shape index (κ2) is 7.38. The molecule has 0 radical (unpaired) electrons. The summed E-state index contributed by atoms with van der Waals surface area (Å²) in [4.78, 5) is 13.1. The summed E-state index contributed by atoms with van der Waals surface area (Å²) in [5.41, 5.74) is 1.75. The Labute approximate surface area is 158 Å². The largest absolute Gasteiger partial charge is 0.492 e. The minimum absolute atomic E-state index is 0.0221. The van der Waals surface area contributed by atoms with E-state index in [0.29, 0.717) is 29.7 Å². The minimum atomic E-state index is -3.58. The predicted octanol–water partition coefficient (Wildman–Crippen LogP) is 2.87. The van der Waals surface area contributed by atoms with Crippen molar-refractivity contribution in [3.63, 3.8) is 0 Å². The Hall–Kier alpha value is -1.90. The fraction of sp³-hybridized carbons (Fsp3) is 0.389. The molecular weight excluding hydrogens is 372 g/mol. The van der Waals surface area contributed by atoms with E-state index in [9.17, 15) is 13.2 Å². The van der Waals surface area contributed by atoms with Crippen LogP contribution in [0, 0.1) is 0 Å². The van der Waals surface area contributed by atoms with Gasteiger partial charge in [-0.2, -0.15) is 4.31 Å². The number of carbonyl (C=O) groups is 1. The summed E-state index contributed by atoms with van der Waals surface area (Å²) >= 11 is 1.21. The van der Waals surface area contributed by atoms with Gasteiger partial charge in [0.05, 0.1) is 6.04 Å². The lowest BCUT2D eigenvalue weighted by Crippen LogP contribution is -2.34. The maximum absolute atomic E-state index is 13.0. The second-order valence-corrected chi connectivity index (χ2v) is 9.38. The molecule has 0 bridgehead atoms. The van der Waals surface area contributed by atoms with Crippen LogP contribution in [-0.4, -0.2) is 43.7 Å². The highest BCUT2D eigenvalue weighted by Gasteiger charge is 2.34. The second-order valence-electron chi connectivity index (χ2n) is 6.32. The van der Waals surface area contributed by atoms with Crippen molar-refractivity contribution < 1.29 is 17.9 Å². The Morgan fingerprint density at radius 3 is 2.81 bits per heavy atom. The van der Waals surface area contributed by atoms with Crippen molar-refractivity contribution in [1.29, 1.82) is 0 Å². The van der Waals surface area contributed by atoms with Crippen LogP contribution in [-0.2, 0) is 21.4 Å². The van der Waals surface area contributed by atoms with Crippen LogP contribution in [0.15, 0.2) is 39.9 Å². The van der Waals surface area contributed by atoms with Gasteiger partial charge in [-0.1, -0.05) is 12.1 Å². The third-order valence-electron chi connectivity index (χ3n) is 4.54. The van der Waals surface area contributed by atoms with Crippen molar-refractivity contribution in [3.8, 4) is 5.75 Å². The zero-order chi connectivity index (χ0) is 18.9. The Morgan fingerprint density at radius 2 is 2.15 bits per heavy atom. The molecule has 1 atom stereocenters. The first-order chi connectivity index (χ1) is 12.3. The van der Waals surface area contributed by atoms with Gasteiger partial charge in [0.25, 0.3) is 10.0 Å². The van der Waals surface area contributed by atoms with E-state index >= 15 is 0 Å². The average molecular weight is 395 g/mol. The van der Waals surface area contributed by atoms with Gasteiger partial charge in [0.15, 0.2) is 0 Å². The van der Waals surface area contributed by atoms with Crippen LogP contribution >= 0.6 is 11.3 Å². The zero-order valence-corrected chi connectivity index (χ0v) is 16.6. The van der Waals surface area contributed by atoms with Crippen LogP contribution in [0.3, 0.4) is 0 Å². The van der Waals surface area contributed by atoms with Crippen molar-refractivity contribution >= 4 is 27.3 Å². The van der Waals surface area contributed by atoms with Crippen LogP contribution in [0.1, 0.15) is 31.0 Å². The lowest BCUT2D eigenvalue weighted by atomic mass is 10.0. The smallest absolute Gasteiger partial charge is 0.253 e. The standard InChI is InChI=1S/C18H22N2O4S2/c1-13-16-11-15(12-19(3)14(2)21)6-7-17(16)24-9-8-20(13)26(22,23)18-5-4-10-25-18/h4-7,10-11,13H,8-9,12H2,1-3H3. The molecule has 3 rings (SSSR count). The number of benzene rings is 1. The van der Waals surface area contributed by atoms with E-state index in [1.54, 1.807) is 29.5 Å². The number of nitrogens with zero attached hydrogens (tertiary/aromatic N) is 2. The van der Waals surface area contributed by atoms with Gasteiger partial charge in [0.2, 0.25) is 5.91 Å².